The smallest absolute Gasteiger partial charge is 0.259 e. The Labute approximate surface area is 115 Å². The molecule has 0 unspecified atom stereocenters. The molecule has 0 amide bonds. The fraction of sp³-hybridized carbons (Fsp3) is 0.571. The number of H-pyrrole nitrogens is 1. The van der Waals surface area contributed by atoms with Gasteiger partial charge in [0.2, 0.25) is 0 Å². The zero-order valence-electron chi connectivity index (χ0n) is 11.2. The van der Waals surface area contributed by atoms with Crippen molar-refractivity contribution in [2.75, 3.05) is 13.2 Å². The molecule has 106 valence electrons. The Morgan fingerprint density at radius 1 is 1.30 bits per heavy atom. The van der Waals surface area contributed by atoms with Crippen LogP contribution in [-0.2, 0) is 9.47 Å². The number of aromatic nitrogens is 3. The molecular weight excluding hydrogens is 258 g/mol. The largest absolute Gasteiger partial charge is 0.348 e. The molecule has 20 heavy (non-hydrogen) atoms. The van der Waals surface area contributed by atoms with Crippen LogP contribution in [0.4, 0.5) is 0 Å². The SMILES string of the molecule is O=c1[nH]ccc2c1cnn2C1CCC2(CC1)OCCO2. The van der Waals surface area contributed by atoms with Crippen LogP contribution in [0.2, 0.25) is 0 Å². The number of pyridine rings is 1. The molecular formula is C14H17N3O3. The van der Waals surface area contributed by atoms with E-state index in [2.05, 4.69) is 10.1 Å². The summed E-state index contributed by atoms with van der Waals surface area (Å²) < 4.78 is 13.5. The highest BCUT2D eigenvalue weighted by Gasteiger charge is 2.41. The molecule has 2 aromatic rings. The molecule has 2 aliphatic rings. The van der Waals surface area contributed by atoms with Crippen LogP contribution in [0.25, 0.3) is 10.9 Å². The lowest BCUT2D eigenvalue weighted by Gasteiger charge is -2.35. The summed E-state index contributed by atoms with van der Waals surface area (Å²) in [5, 5.41) is 5.06. The van der Waals surface area contributed by atoms with Crippen molar-refractivity contribution < 1.29 is 9.47 Å². The maximum Gasteiger partial charge on any atom is 0.259 e. The highest BCUT2D eigenvalue weighted by molar-refractivity contribution is 5.77. The zero-order chi connectivity index (χ0) is 13.6. The number of hydrogen-bond donors (Lipinski definition) is 1. The molecule has 1 aliphatic carbocycles. The molecule has 1 spiro atoms. The van der Waals surface area contributed by atoms with E-state index >= 15 is 0 Å². The third kappa shape index (κ3) is 1.79. The van der Waals surface area contributed by atoms with Crippen LogP contribution in [0.5, 0.6) is 0 Å². The van der Waals surface area contributed by atoms with E-state index in [1.807, 2.05) is 10.7 Å². The maximum atomic E-state index is 11.7. The second kappa shape index (κ2) is 4.43. The first-order valence-corrected chi connectivity index (χ1v) is 7.10. The second-order valence-electron chi connectivity index (χ2n) is 5.53. The second-order valence-corrected chi connectivity index (χ2v) is 5.53. The minimum atomic E-state index is -0.350. The number of nitrogens with zero attached hydrogens (tertiary/aromatic N) is 2. The summed E-state index contributed by atoms with van der Waals surface area (Å²) in [5.74, 6) is -0.350. The van der Waals surface area contributed by atoms with Gasteiger partial charge in [-0.05, 0) is 18.9 Å². The molecule has 2 aromatic heterocycles. The van der Waals surface area contributed by atoms with Gasteiger partial charge in [-0.25, -0.2) is 0 Å². The van der Waals surface area contributed by atoms with E-state index in [0.29, 0.717) is 24.6 Å². The van der Waals surface area contributed by atoms with Gasteiger partial charge in [-0.1, -0.05) is 0 Å². The summed E-state index contributed by atoms with van der Waals surface area (Å²) in [4.78, 5) is 14.4. The topological polar surface area (TPSA) is 69.1 Å². The number of aromatic amines is 1. The molecule has 4 rings (SSSR count). The van der Waals surface area contributed by atoms with Gasteiger partial charge in [-0.15, -0.1) is 0 Å². The Bertz CT molecular complexity index is 674. The number of hydrogen-bond acceptors (Lipinski definition) is 4. The molecule has 6 nitrogen and oxygen atoms in total. The van der Waals surface area contributed by atoms with Gasteiger partial charge < -0.3 is 14.5 Å². The Kier molecular flexibility index (Phi) is 2.68. The monoisotopic (exact) mass is 275 g/mol. The van der Waals surface area contributed by atoms with Crippen molar-refractivity contribution in [2.24, 2.45) is 0 Å². The van der Waals surface area contributed by atoms with Gasteiger partial charge in [0.15, 0.2) is 5.79 Å². The Morgan fingerprint density at radius 3 is 2.80 bits per heavy atom. The van der Waals surface area contributed by atoms with Crippen LogP contribution in [0.15, 0.2) is 23.3 Å². The molecule has 1 saturated carbocycles. The average molecular weight is 275 g/mol. The van der Waals surface area contributed by atoms with Gasteiger partial charge in [0, 0.05) is 19.0 Å². The lowest BCUT2D eigenvalue weighted by Crippen LogP contribution is -2.36. The van der Waals surface area contributed by atoms with Crippen molar-refractivity contribution in [3.05, 3.63) is 28.8 Å². The first kappa shape index (κ1) is 12.1. The van der Waals surface area contributed by atoms with E-state index in [1.165, 1.54) is 0 Å². The van der Waals surface area contributed by atoms with E-state index in [1.54, 1.807) is 12.4 Å². The van der Waals surface area contributed by atoms with E-state index in [9.17, 15) is 4.79 Å². The first-order chi connectivity index (χ1) is 9.77. The molecule has 2 fully saturated rings. The van der Waals surface area contributed by atoms with Gasteiger partial charge in [-0.3, -0.25) is 9.48 Å². The van der Waals surface area contributed by atoms with Crippen molar-refractivity contribution in [1.82, 2.24) is 14.8 Å². The van der Waals surface area contributed by atoms with Crippen molar-refractivity contribution in [3.8, 4) is 0 Å². The fourth-order valence-corrected chi connectivity index (χ4v) is 3.35. The third-order valence-corrected chi connectivity index (χ3v) is 4.41. The summed E-state index contributed by atoms with van der Waals surface area (Å²) in [5.41, 5.74) is 0.825. The average Bonchev–Trinajstić information content (AvgIpc) is 3.09. The highest BCUT2D eigenvalue weighted by atomic mass is 16.7. The number of nitrogens with one attached hydrogen (secondary N) is 1. The molecule has 0 atom stereocenters. The summed E-state index contributed by atoms with van der Waals surface area (Å²) in [6.45, 7) is 1.40. The van der Waals surface area contributed by atoms with Gasteiger partial charge >= 0.3 is 0 Å². The summed E-state index contributed by atoms with van der Waals surface area (Å²) in [6, 6.07) is 2.23. The zero-order valence-corrected chi connectivity index (χ0v) is 11.2. The van der Waals surface area contributed by atoms with Gasteiger partial charge in [-0.2, -0.15) is 5.10 Å². The lowest BCUT2D eigenvalue weighted by molar-refractivity contribution is -0.181. The fourth-order valence-electron chi connectivity index (χ4n) is 3.35. The molecule has 0 aromatic carbocycles. The highest BCUT2D eigenvalue weighted by Crippen LogP contribution is 2.40. The third-order valence-electron chi connectivity index (χ3n) is 4.41. The minimum absolute atomic E-state index is 0.0801. The van der Waals surface area contributed by atoms with Crippen LogP contribution in [-0.4, -0.2) is 33.8 Å². The number of rotatable bonds is 1. The molecule has 0 bridgehead atoms. The predicted molar refractivity (Wildman–Crippen MR) is 72.5 cm³/mol. The van der Waals surface area contributed by atoms with E-state index < -0.39 is 0 Å². The lowest BCUT2D eigenvalue weighted by atomic mass is 9.90. The molecule has 1 saturated heterocycles. The Morgan fingerprint density at radius 2 is 2.05 bits per heavy atom. The number of fused-ring (bicyclic) bond motifs is 1. The van der Waals surface area contributed by atoms with Crippen LogP contribution >= 0.6 is 0 Å². The van der Waals surface area contributed by atoms with Gasteiger partial charge in [0.05, 0.1) is 36.4 Å². The van der Waals surface area contributed by atoms with Crippen molar-refractivity contribution in [1.29, 1.82) is 0 Å². The summed E-state index contributed by atoms with van der Waals surface area (Å²) in [6.07, 6.45) is 7.04. The van der Waals surface area contributed by atoms with Gasteiger partial charge in [0.25, 0.3) is 5.56 Å². The standard InChI is InChI=1S/C14H17N3O3/c18-13-11-9-16-17(12(11)3-6-15-13)10-1-4-14(5-2-10)19-7-8-20-14/h3,6,9-10H,1-2,4-5,7-8H2,(H,15,18). The van der Waals surface area contributed by atoms with E-state index in [0.717, 1.165) is 31.2 Å². The molecule has 6 heteroatoms. The Hall–Kier alpha value is -1.66. The molecule has 0 radical (unpaired) electrons. The number of ether oxygens (including phenoxy) is 2. The van der Waals surface area contributed by atoms with Crippen molar-refractivity contribution in [2.45, 2.75) is 37.5 Å². The van der Waals surface area contributed by atoms with E-state index in [-0.39, 0.29) is 11.3 Å². The normalized spacial score (nSPS) is 22.8. The predicted octanol–water partition coefficient (Wildman–Crippen LogP) is 1.58. The molecule has 1 aliphatic heterocycles. The Balaban J connectivity index is 1.62. The summed E-state index contributed by atoms with van der Waals surface area (Å²) >= 11 is 0. The first-order valence-electron chi connectivity index (χ1n) is 7.10. The minimum Gasteiger partial charge on any atom is -0.348 e. The van der Waals surface area contributed by atoms with E-state index in [4.69, 9.17) is 9.47 Å². The van der Waals surface area contributed by atoms with Crippen LogP contribution < -0.4 is 5.56 Å². The maximum absolute atomic E-state index is 11.7. The van der Waals surface area contributed by atoms with Gasteiger partial charge in [0.1, 0.15) is 0 Å². The van der Waals surface area contributed by atoms with Crippen LogP contribution in [0.1, 0.15) is 31.7 Å². The summed E-state index contributed by atoms with van der Waals surface area (Å²) in [7, 11) is 0. The van der Waals surface area contributed by atoms with Crippen molar-refractivity contribution >= 4 is 10.9 Å². The van der Waals surface area contributed by atoms with Crippen molar-refractivity contribution in [3.63, 3.8) is 0 Å². The molecule has 1 N–H and O–H groups in total. The van der Waals surface area contributed by atoms with Crippen LogP contribution in [0.3, 0.4) is 0 Å². The quantitative estimate of drug-likeness (QED) is 0.858. The van der Waals surface area contributed by atoms with Crippen LogP contribution in [0, 0.1) is 0 Å². The molecule has 3 heterocycles.